The first-order valence-electron chi connectivity index (χ1n) is 7.43. The summed E-state index contributed by atoms with van der Waals surface area (Å²) in [6.07, 6.45) is 1.45. The topological polar surface area (TPSA) is 47.6 Å². The highest BCUT2D eigenvalue weighted by Crippen LogP contribution is 2.17. The van der Waals surface area contributed by atoms with E-state index < -0.39 is 5.54 Å². The smallest absolute Gasteiger partial charge is 0.325 e. The van der Waals surface area contributed by atoms with Gasteiger partial charge in [-0.15, -0.1) is 0 Å². The first kappa shape index (κ1) is 17.5. The van der Waals surface area contributed by atoms with Gasteiger partial charge in [0.2, 0.25) is 0 Å². The highest BCUT2D eigenvalue weighted by Gasteiger charge is 2.34. The fourth-order valence-electron chi connectivity index (χ4n) is 2.42. The molecule has 0 aliphatic heterocycles. The average molecular weight is 293 g/mol. The van der Waals surface area contributed by atoms with Crippen LogP contribution in [0.4, 0.5) is 0 Å². The molecule has 0 saturated carbocycles. The van der Waals surface area contributed by atoms with E-state index in [1.165, 1.54) is 12.7 Å². The predicted octanol–water partition coefficient (Wildman–Crippen LogP) is 3.08. The molecular weight excluding hydrogens is 266 g/mol. The number of hydrogen-bond acceptors (Lipinski definition) is 4. The van der Waals surface area contributed by atoms with Crippen LogP contribution in [0.25, 0.3) is 0 Å². The largest absolute Gasteiger partial charge is 0.494 e. The summed E-state index contributed by atoms with van der Waals surface area (Å²) in [5.41, 5.74) is 0.507. The second-order valence-electron chi connectivity index (χ2n) is 5.89. The molecule has 0 bridgehead atoms. The van der Waals surface area contributed by atoms with E-state index in [1.54, 1.807) is 0 Å². The Labute approximate surface area is 127 Å². The van der Waals surface area contributed by atoms with Crippen molar-refractivity contribution < 1.29 is 14.3 Å². The van der Waals surface area contributed by atoms with Crippen molar-refractivity contribution in [1.29, 1.82) is 0 Å². The molecule has 0 heterocycles. The van der Waals surface area contributed by atoms with Crippen molar-refractivity contribution in [1.82, 2.24) is 5.32 Å². The highest BCUT2D eigenvalue weighted by atomic mass is 16.5. The third-order valence-electron chi connectivity index (χ3n) is 3.32. The summed E-state index contributed by atoms with van der Waals surface area (Å²) in [7, 11) is 1.42. The molecule has 1 unspecified atom stereocenters. The molecule has 0 aliphatic rings. The number of benzene rings is 1. The Kier molecular flexibility index (Phi) is 6.69. The van der Waals surface area contributed by atoms with Gasteiger partial charge in [-0.1, -0.05) is 12.1 Å². The monoisotopic (exact) mass is 293 g/mol. The van der Waals surface area contributed by atoms with Crippen LogP contribution in [0.1, 0.15) is 39.2 Å². The number of methoxy groups -OCH3 is 1. The van der Waals surface area contributed by atoms with E-state index in [0.29, 0.717) is 13.0 Å². The molecule has 0 aromatic heterocycles. The number of rotatable bonds is 8. The van der Waals surface area contributed by atoms with Crippen LogP contribution >= 0.6 is 0 Å². The minimum atomic E-state index is -0.668. The van der Waals surface area contributed by atoms with E-state index in [-0.39, 0.29) is 12.0 Å². The van der Waals surface area contributed by atoms with Crippen LogP contribution in [0.5, 0.6) is 5.75 Å². The molecule has 0 aliphatic carbocycles. The first-order chi connectivity index (χ1) is 9.87. The standard InChI is InChI=1S/C17H27NO3/c1-13(2)18-17(4,16(19)20-5)10-7-11-21-15-9-6-8-14(3)12-15/h6,8-9,12-13,18H,7,10-11H2,1-5H3. The molecule has 0 saturated heterocycles. The van der Waals surface area contributed by atoms with E-state index in [4.69, 9.17) is 9.47 Å². The molecule has 0 radical (unpaired) electrons. The Morgan fingerprint density at radius 1 is 1.38 bits per heavy atom. The lowest BCUT2D eigenvalue weighted by atomic mass is 9.95. The third-order valence-corrected chi connectivity index (χ3v) is 3.32. The predicted molar refractivity (Wildman–Crippen MR) is 84.6 cm³/mol. The molecule has 4 nitrogen and oxygen atoms in total. The molecule has 4 heteroatoms. The molecule has 1 aromatic rings. The minimum Gasteiger partial charge on any atom is -0.494 e. The van der Waals surface area contributed by atoms with E-state index in [9.17, 15) is 4.79 Å². The molecule has 1 N–H and O–H groups in total. The van der Waals surface area contributed by atoms with Gasteiger partial charge in [0.1, 0.15) is 11.3 Å². The van der Waals surface area contributed by atoms with Crippen LogP contribution in [0.15, 0.2) is 24.3 Å². The summed E-state index contributed by atoms with van der Waals surface area (Å²) in [5, 5.41) is 3.28. The molecule has 0 fully saturated rings. The van der Waals surface area contributed by atoms with Crippen LogP contribution in [0.3, 0.4) is 0 Å². The number of ether oxygens (including phenoxy) is 2. The normalized spacial score (nSPS) is 13.8. The van der Waals surface area contributed by atoms with Gasteiger partial charge in [0, 0.05) is 6.04 Å². The average Bonchev–Trinajstić information content (AvgIpc) is 2.42. The summed E-state index contributed by atoms with van der Waals surface area (Å²) in [6.45, 7) is 8.53. The Morgan fingerprint density at radius 2 is 2.10 bits per heavy atom. The van der Waals surface area contributed by atoms with Gasteiger partial charge in [0.15, 0.2) is 0 Å². The second kappa shape index (κ2) is 8.03. The Morgan fingerprint density at radius 3 is 2.67 bits per heavy atom. The number of carbonyl (C=O) groups excluding carboxylic acids is 1. The van der Waals surface area contributed by atoms with Gasteiger partial charge in [-0.25, -0.2) is 0 Å². The fraction of sp³-hybridized carbons (Fsp3) is 0.588. The van der Waals surface area contributed by atoms with Crippen molar-refractivity contribution in [2.75, 3.05) is 13.7 Å². The third kappa shape index (κ3) is 5.76. The van der Waals surface area contributed by atoms with Crippen molar-refractivity contribution in [3.05, 3.63) is 29.8 Å². The van der Waals surface area contributed by atoms with E-state index in [0.717, 1.165) is 12.2 Å². The van der Waals surface area contributed by atoms with Gasteiger partial charge in [0.05, 0.1) is 13.7 Å². The highest BCUT2D eigenvalue weighted by molar-refractivity contribution is 5.80. The zero-order chi connectivity index (χ0) is 15.9. The van der Waals surface area contributed by atoms with Gasteiger partial charge in [-0.2, -0.15) is 0 Å². The molecule has 0 spiro atoms. The molecule has 1 atom stereocenters. The Balaban J connectivity index is 2.48. The van der Waals surface area contributed by atoms with Crippen molar-refractivity contribution >= 4 is 5.97 Å². The Hall–Kier alpha value is -1.55. The van der Waals surface area contributed by atoms with Crippen LogP contribution in [-0.2, 0) is 9.53 Å². The SMILES string of the molecule is COC(=O)C(C)(CCCOc1cccc(C)c1)NC(C)C. The second-order valence-corrected chi connectivity index (χ2v) is 5.89. The maximum absolute atomic E-state index is 12.0. The quantitative estimate of drug-likeness (QED) is 0.591. The molecule has 118 valence electrons. The lowest BCUT2D eigenvalue weighted by molar-refractivity contribution is -0.148. The number of nitrogens with one attached hydrogen (secondary N) is 1. The van der Waals surface area contributed by atoms with Crippen molar-refractivity contribution in [3.8, 4) is 5.75 Å². The van der Waals surface area contributed by atoms with Crippen molar-refractivity contribution in [2.45, 2.75) is 52.1 Å². The van der Waals surface area contributed by atoms with Gasteiger partial charge >= 0.3 is 5.97 Å². The van der Waals surface area contributed by atoms with Crippen molar-refractivity contribution in [3.63, 3.8) is 0 Å². The number of esters is 1. The lowest BCUT2D eigenvalue weighted by Crippen LogP contribution is -2.53. The maximum atomic E-state index is 12.0. The van der Waals surface area contributed by atoms with Crippen LogP contribution in [0.2, 0.25) is 0 Å². The first-order valence-corrected chi connectivity index (χ1v) is 7.43. The van der Waals surface area contributed by atoms with Crippen molar-refractivity contribution in [2.24, 2.45) is 0 Å². The van der Waals surface area contributed by atoms with E-state index >= 15 is 0 Å². The maximum Gasteiger partial charge on any atom is 0.325 e. The fourth-order valence-corrected chi connectivity index (χ4v) is 2.42. The van der Waals surface area contributed by atoms with Gasteiger partial charge in [0.25, 0.3) is 0 Å². The lowest BCUT2D eigenvalue weighted by Gasteiger charge is -2.30. The molecule has 1 rings (SSSR count). The molecule has 1 aromatic carbocycles. The van der Waals surface area contributed by atoms with Crippen LogP contribution in [-0.4, -0.2) is 31.3 Å². The van der Waals surface area contributed by atoms with Gasteiger partial charge in [-0.3, -0.25) is 10.1 Å². The summed E-state index contributed by atoms with van der Waals surface area (Å²) >= 11 is 0. The summed E-state index contributed by atoms with van der Waals surface area (Å²) < 4.78 is 10.6. The molecule has 0 amide bonds. The summed E-state index contributed by atoms with van der Waals surface area (Å²) in [4.78, 5) is 12.0. The number of hydrogen-bond donors (Lipinski definition) is 1. The van der Waals surface area contributed by atoms with Gasteiger partial charge < -0.3 is 9.47 Å². The van der Waals surface area contributed by atoms with Crippen LogP contribution in [0, 0.1) is 6.92 Å². The van der Waals surface area contributed by atoms with E-state index in [2.05, 4.69) is 5.32 Å². The van der Waals surface area contributed by atoms with Crippen LogP contribution < -0.4 is 10.1 Å². The molecular formula is C17H27NO3. The zero-order valence-electron chi connectivity index (χ0n) is 13.7. The number of carbonyl (C=O) groups is 1. The Bertz CT molecular complexity index is 459. The van der Waals surface area contributed by atoms with Gasteiger partial charge in [-0.05, 0) is 58.2 Å². The number of aryl methyl sites for hydroxylation is 1. The molecule has 21 heavy (non-hydrogen) atoms. The summed E-state index contributed by atoms with van der Waals surface area (Å²) in [6, 6.07) is 8.17. The summed E-state index contributed by atoms with van der Waals surface area (Å²) in [5.74, 6) is 0.637. The minimum absolute atomic E-state index is 0.215. The van der Waals surface area contributed by atoms with E-state index in [1.807, 2.05) is 52.0 Å². The zero-order valence-corrected chi connectivity index (χ0v) is 13.7.